The fraction of sp³-hybridized carbons (Fsp3) is 0.333. The van der Waals surface area contributed by atoms with Gasteiger partial charge in [-0.25, -0.2) is 9.37 Å². The van der Waals surface area contributed by atoms with Crippen LogP contribution in [0.3, 0.4) is 0 Å². The number of aromatic nitrogens is 1. The monoisotopic (exact) mass is 292 g/mol. The highest BCUT2D eigenvalue weighted by Gasteiger charge is 2.12. The number of oxazole rings is 1. The largest absolute Gasteiger partial charge is 0.465 e. The number of halogens is 1. The Bertz CT molecular complexity index is 612. The third kappa shape index (κ3) is 4.39. The SMILES string of the molecule is CCOC(=O)CN(C)Cc1coc(-c2cccc(F)c2)n1. The first-order chi connectivity index (χ1) is 10.1. The van der Waals surface area contributed by atoms with Gasteiger partial charge in [-0.3, -0.25) is 9.69 Å². The molecule has 0 aliphatic heterocycles. The van der Waals surface area contributed by atoms with E-state index in [1.165, 1.54) is 18.4 Å². The molecule has 0 fully saturated rings. The third-order valence-corrected chi connectivity index (χ3v) is 2.76. The summed E-state index contributed by atoms with van der Waals surface area (Å²) >= 11 is 0. The van der Waals surface area contributed by atoms with E-state index in [4.69, 9.17) is 9.15 Å². The molecule has 0 radical (unpaired) electrons. The first-order valence-corrected chi connectivity index (χ1v) is 6.63. The van der Waals surface area contributed by atoms with E-state index < -0.39 is 0 Å². The lowest BCUT2D eigenvalue weighted by Crippen LogP contribution is -2.27. The molecule has 0 amide bonds. The van der Waals surface area contributed by atoms with Crippen molar-refractivity contribution in [3.05, 3.63) is 42.0 Å². The van der Waals surface area contributed by atoms with Gasteiger partial charge in [0.05, 0.1) is 18.8 Å². The maximum Gasteiger partial charge on any atom is 0.320 e. The molecular weight excluding hydrogens is 275 g/mol. The van der Waals surface area contributed by atoms with Gasteiger partial charge in [0.15, 0.2) is 0 Å². The van der Waals surface area contributed by atoms with Crippen LogP contribution in [0.15, 0.2) is 34.9 Å². The summed E-state index contributed by atoms with van der Waals surface area (Å²) in [4.78, 5) is 17.4. The van der Waals surface area contributed by atoms with Crippen molar-refractivity contribution in [2.24, 2.45) is 0 Å². The van der Waals surface area contributed by atoms with E-state index >= 15 is 0 Å². The first kappa shape index (κ1) is 15.2. The van der Waals surface area contributed by atoms with Crippen LogP contribution in [0.25, 0.3) is 11.5 Å². The van der Waals surface area contributed by atoms with Crippen molar-refractivity contribution in [3.63, 3.8) is 0 Å². The van der Waals surface area contributed by atoms with Crippen molar-refractivity contribution >= 4 is 5.97 Å². The molecule has 0 bridgehead atoms. The Kier molecular flexibility index (Phi) is 5.05. The van der Waals surface area contributed by atoms with Gasteiger partial charge in [0.1, 0.15) is 12.1 Å². The molecule has 0 atom stereocenters. The molecule has 112 valence electrons. The van der Waals surface area contributed by atoms with Crippen LogP contribution in [0.4, 0.5) is 4.39 Å². The van der Waals surface area contributed by atoms with Gasteiger partial charge in [-0.05, 0) is 32.2 Å². The van der Waals surface area contributed by atoms with Crippen LogP contribution in [0.5, 0.6) is 0 Å². The highest BCUT2D eigenvalue weighted by Crippen LogP contribution is 2.19. The summed E-state index contributed by atoms with van der Waals surface area (Å²) in [5.74, 6) is -0.269. The van der Waals surface area contributed by atoms with Crippen molar-refractivity contribution in [1.82, 2.24) is 9.88 Å². The van der Waals surface area contributed by atoms with E-state index in [0.29, 0.717) is 30.3 Å². The van der Waals surface area contributed by atoms with Crippen LogP contribution >= 0.6 is 0 Å². The fourth-order valence-electron chi connectivity index (χ4n) is 1.89. The summed E-state index contributed by atoms with van der Waals surface area (Å²) in [6.07, 6.45) is 1.50. The predicted molar refractivity (Wildman–Crippen MR) is 74.9 cm³/mol. The van der Waals surface area contributed by atoms with Gasteiger partial charge in [0, 0.05) is 12.1 Å². The molecule has 1 aromatic carbocycles. The summed E-state index contributed by atoms with van der Waals surface area (Å²) in [6.45, 7) is 2.74. The van der Waals surface area contributed by atoms with Crippen LogP contribution in [0, 0.1) is 5.82 Å². The zero-order valence-corrected chi connectivity index (χ0v) is 12.0. The molecule has 0 unspecified atom stereocenters. The van der Waals surface area contributed by atoms with Crippen LogP contribution in [0.1, 0.15) is 12.6 Å². The van der Waals surface area contributed by atoms with Crippen LogP contribution in [-0.2, 0) is 16.1 Å². The van der Waals surface area contributed by atoms with Gasteiger partial charge < -0.3 is 9.15 Å². The van der Waals surface area contributed by atoms with Crippen molar-refractivity contribution < 1.29 is 18.3 Å². The van der Waals surface area contributed by atoms with Gasteiger partial charge >= 0.3 is 5.97 Å². The molecule has 1 heterocycles. The smallest absolute Gasteiger partial charge is 0.320 e. The van der Waals surface area contributed by atoms with Gasteiger partial charge in [-0.2, -0.15) is 0 Å². The number of carbonyl (C=O) groups is 1. The Balaban J connectivity index is 1.98. The minimum atomic E-state index is -0.341. The van der Waals surface area contributed by atoms with Crippen LogP contribution in [0.2, 0.25) is 0 Å². The van der Waals surface area contributed by atoms with E-state index in [-0.39, 0.29) is 18.3 Å². The molecule has 2 aromatic rings. The van der Waals surface area contributed by atoms with Gasteiger partial charge in [0.2, 0.25) is 5.89 Å². The fourth-order valence-corrected chi connectivity index (χ4v) is 1.89. The number of likely N-dealkylation sites (N-methyl/N-ethyl adjacent to an activating group) is 1. The lowest BCUT2D eigenvalue weighted by atomic mass is 10.2. The summed E-state index contributed by atoms with van der Waals surface area (Å²) in [5.41, 5.74) is 1.25. The number of benzene rings is 1. The zero-order valence-electron chi connectivity index (χ0n) is 12.0. The van der Waals surface area contributed by atoms with Gasteiger partial charge in [0.25, 0.3) is 0 Å². The predicted octanol–water partition coefficient (Wildman–Crippen LogP) is 2.48. The molecule has 5 nitrogen and oxygen atoms in total. The van der Waals surface area contributed by atoms with E-state index in [2.05, 4.69) is 4.98 Å². The Labute approximate surface area is 122 Å². The van der Waals surface area contributed by atoms with Crippen molar-refractivity contribution in [1.29, 1.82) is 0 Å². The molecule has 1 aromatic heterocycles. The maximum absolute atomic E-state index is 13.2. The maximum atomic E-state index is 13.2. The van der Waals surface area contributed by atoms with E-state index in [9.17, 15) is 9.18 Å². The highest BCUT2D eigenvalue weighted by atomic mass is 19.1. The van der Waals surface area contributed by atoms with Crippen molar-refractivity contribution in [2.75, 3.05) is 20.2 Å². The number of carbonyl (C=O) groups excluding carboxylic acids is 1. The van der Waals surface area contributed by atoms with Crippen molar-refractivity contribution in [3.8, 4) is 11.5 Å². The molecule has 6 heteroatoms. The number of hydrogen-bond acceptors (Lipinski definition) is 5. The Hall–Kier alpha value is -2.21. The minimum Gasteiger partial charge on any atom is -0.465 e. The van der Waals surface area contributed by atoms with Crippen LogP contribution in [-0.4, -0.2) is 36.1 Å². The number of ether oxygens (including phenoxy) is 1. The minimum absolute atomic E-state index is 0.177. The average Bonchev–Trinajstić information content (AvgIpc) is 2.87. The summed E-state index contributed by atoms with van der Waals surface area (Å²) in [7, 11) is 1.79. The molecule has 21 heavy (non-hydrogen) atoms. The topological polar surface area (TPSA) is 55.6 Å². The lowest BCUT2D eigenvalue weighted by Gasteiger charge is -2.13. The second-order valence-corrected chi connectivity index (χ2v) is 4.63. The molecule has 0 aliphatic rings. The summed E-state index contributed by atoms with van der Waals surface area (Å²) < 4.78 is 23.4. The highest BCUT2D eigenvalue weighted by molar-refractivity contribution is 5.71. The quantitative estimate of drug-likeness (QED) is 0.766. The second-order valence-electron chi connectivity index (χ2n) is 4.63. The Morgan fingerprint density at radius 2 is 2.29 bits per heavy atom. The summed E-state index contributed by atoms with van der Waals surface area (Å²) in [5, 5.41) is 0. The molecule has 0 saturated heterocycles. The number of nitrogens with zero attached hydrogens (tertiary/aromatic N) is 2. The molecule has 0 spiro atoms. The van der Waals surface area contributed by atoms with Gasteiger partial charge in [-0.15, -0.1) is 0 Å². The average molecular weight is 292 g/mol. The van der Waals surface area contributed by atoms with Crippen LogP contribution < -0.4 is 0 Å². The Morgan fingerprint density at radius 1 is 1.48 bits per heavy atom. The number of hydrogen-bond donors (Lipinski definition) is 0. The zero-order chi connectivity index (χ0) is 15.2. The van der Waals surface area contributed by atoms with Crippen molar-refractivity contribution in [2.45, 2.75) is 13.5 Å². The summed E-state index contributed by atoms with van der Waals surface area (Å²) in [6, 6.07) is 6.04. The number of esters is 1. The standard InChI is InChI=1S/C15H17FN2O3/c1-3-20-14(19)9-18(2)8-13-10-21-15(17-13)11-5-4-6-12(16)7-11/h4-7,10H,3,8-9H2,1-2H3. The third-order valence-electron chi connectivity index (χ3n) is 2.76. The normalized spacial score (nSPS) is 10.9. The van der Waals surface area contributed by atoms with E-state index in [1.807, 2.05) is 0 Å². The lowest BCUT2D eigenvalue weighted by molar-refractivity contribution is -0.144. The Morgan fingerprint density at radius 3 is 3.00 bits per heavy atom. The van der Waals surface area contributed by atoms with Gasteiger partial charge in [-0.1, -0.05) is 6.07 Å². The molecular formula is C15H17FN2O3. The first-order valence-electron chi connectivity index (χ1n) is 6.63. The second kappa shape index (κ2) is 6.99. The number of rotatable bonds is 6. The molecule has 2 rings (SSSR count). The molecule has 0 aliphatic carbocycles. The molecule has 0 saturated carbocycles. The van der Waals surface area contributed by atoms with E-state index in [1.54, 1.807) is 31.0 Å². The van der Waals surface area contributed by atoms with E-state index in [0.717, 1.165) is 0 Å². The molecule has 0 N–H and O–H groups in total.